The van der Waals surface area contributed by atoms with E-state index in [9.17, 15) is 4.79 Å². The molecule has 72 valence electrons. The number of rotatable bonds is 1. The summed E-state index contributed by atoms with van der Waals surface area (Å²) >= 11 is 1.29. The first kappa shape index (κ1) is 8.96. The van der Waals surface area contributed by atoms with Crippen molar-refractivity contribution in [3.63, 3.8) is 0 Å². The van der Waals surface area contributed by atoms with Gasteiger partial charge in [0.1, 0.15) is 15.4 Å². The molecule has 2 aromatic rings. The molecular weight excluding hydrogens is 200 g/mol. The van der Waals surface area contributed by atoms with E-state index in [4.69, 9.17) is 5.73 Å². The van der Waals surface area contributed by atoms with E-state index in [1.54, 1.807) is 18.3 Å². The highest BCUT2D eigenvalue weighted by Crippen LogP contribution is 2.31. The van der Waals surface area contributed by atoms with Gasteiger partial charge in [0.05, 0.1) is 7.11 Å². The number of hydrogen-bond acceptors (Lipinski definition) is 5. The zero-order chi connectivity index (χ0) is 10.1. The number of nitrogens with zero attached hydrogens (tertiary/aromatic N) is 1. The zero-order valence-electron chi connectivity index (χ0n) is 7.48. The van der Waals surface area contributed by atoms with Gasteiger partial charge in [-0.3, -0.25) is 0 Å². The number of fused-ring (bicyclic) bond motifs is 1. The Morgan fingerprint density at radius 3 is 3.14 bits per heavy atom. The Morgan fingerprint density at radius 1 is 1.64 bits per heavy atom. The van der Waals surface area contributed by atoms with E-state index in [2.05, 4.69) is 9.72 Å². The molecule has 0 saturated heterocycles. The van der Waals surface area contributed by atoms with Gasteiger partial charge in [0.2, 0.25) is 0 Å². The lowest BCUT2D eigenvalue weighted by Gasteiger charge is -1.97. The normalized spacial score (nSPS) is 10.4. The summed E-state index contributed by atoms with van der Waals surface area (Å²) in [4.78, 5) is 16.3. The van der Waals surface area contributed by atoms with Gasteiger partial charge in [0.25, 0.3) is 0 Å². The van der Waals surface area contributed by atoms with Crippen molar-refractivity contribution in [3.05, 3.63) is 23.9 Å². The summed E-state index contributed by atoms with van der Waals surface area (Å²) in [6.45, 7) is 0. The fourth-order valence-electron chi connectivity index (χ4n) is 1.26. The van der Waals surface area contributed by atoms with Crippen LogP contribution in [0.15, 0.2) is 18.3 Å². The molecule has 0 amide bonds. The summed E-state index contributed by atoms with van der Waals surface area (Å²) in [5.74, 6) is -0.415. The lowest BCUT2D eigenvalue weighted by Crippen LogP contribution is -2.02. The predicted octanol–water partition coefficient (Wildman–Crippen LogP) is 1.67. The average Bonchev–Trinajstić information content (AvgIpc) is 2.53. The molecule has 0 spiro atoms. The highest BCUT2D eigenvalue weighted by Gasteiger charge is 2.17. The molecule has 2 rings (SSSR count). The zero-order valence-corrected chi connectivity index (χ0v) is 8.30. The SMILES string of the molecule is COC(=O)c1c(N)sc2ncccc12. The fourth-order valence-corrected chi connectivity index (χ4v) is 2.16. The molecule has 0 aliphatic heterocycles. The standard InChI is InChI=1S/C9H8N2O2S/c1-13-9(12)6-5-3-2-4-11-8(5)14-7(6)10/h2-4H,10H2,1H3. The molecule has 0 unspecified atom stereocenters. The van der Waals surface area contributed by atoms with E-state index in [0.717, 1.165) is 10.2 Å². The van der Waals surface area contributed by atoms with Crippen LogP contribution in [-0.2, 0) is 4.74 Å². The monoisotopic (exact) mass is 208 g/mol. The highest BCUT2D eigenvalue weighted by molar-refractivity contribution is 7.22. The van der Waals surface area contributed by atoms with Crippen LogP contribution in [0.5, 0.6) is 0 Å². The van der Waals surface area contributed by atoms with Gasteiger partial charge >= 0.3 is 5.97 Å². The first-order chi connectivity index (χ1) is 6.74. The molecule has 4 nitrogen and oxygen atoms in total. The van der Waals surface area contributed by atoms with E-state index in [1.807, 2.05) is 0 Å². The average molecular weight is 208 g/mol. The van der Waals surface area contributed by atoms with Crippen molar-refractivity contribution in [3.8, 4) is 0 Å². The Morgan fingerprint density at radius 2 is 2.43 bits per heavy atom. The maximum Gasteiger partial charge on any atom is 0.341 e. The summed E-state index contributed by atoms with van der Waals surface area (Å²) in [6.07, 6.45) is 1.67. The third-order valence-electron chi connectivity index (χ3n) is 1.88. The van der Waals surface area contributed by atoms with E-state index >= 15 is 0 Å². The largest absolute Gasteiger partial charge is 0.465 e. The van der Waals surface area contributed by atoms with Crippen LogP contribution in [-0.4, -0.2) is 18.1 Å². The number of carbonyl (C=O) groups excluding carboxylic acids is 1. The molecule has 5 heteroatoms. The minimum Gasteiger partial charge on any atom is -0.465 e. The number of methoxy groups -OCH3 is 1. The van der Waals surface area contributed by atoms with Crippen LogP contribution >= 0.6 is 11.3 Å². The third kappa shape index (κ3) is 1.22. The van der Waals surface area contributed by atoms with Gasteiger partial charge < -0.3 is 10.5 Å². The molecule has 14 heavy (non-hydrogen) atoms. The summed E-state index contributed by atoms with van der Waals surface area (Å²) in [5.41, 5.74) is 6.12. The van der Waals surface area contributed by atoms with Gasteiger partial charge in [-0.05, 0) is 12.1 Å². The number of hydrogen-bond donors (Lipinski definition) is 1. The minimum absolute atomic E-state index is 0.415. The predicted molar refractivity (Wildman–Crippen MR) is 55.4 cm³/mol. The second-order valence-electron chi connectivity index (χ2n) is 2.69. The Kier molecular flexibility index (Phi) is 2.09. The topological polar surface area (TPSA) is 65.2 Å². The fraction of sp³-hybridized carbons (Fsp3) is 0.111. The Labute approximate surface area is 84.3 Å². The van der Waals surface area contributed by atoms with Crippen molar-refractivity contribution in [2.45, 2.75) is 0 Å². The van der Waals surface area contributed by atoms with Crippen LogP contribution in [0.1, 0.15) is 10.4 Å². The number of pyridine rings is 1. The van der Waals surface area contributed by atoms with Gasteiger partial charge in [-0.15, -0.1) is 0 Å². The summed E-state index contributed by atoms with van der Waals surface area (Å²) in [5, 5.41) is 1.20. The van der Waals surface area contributed by atoms with Gasteiger partial charge in [-0.1, -0.05) is 11.3 Å². The highest BCUT2D eigenvalue weighted by atomic mass is 32.1. The first-order valence-electron chi connectivity index (χ1n) is 3.95. The molecule has 2 heterocycles. The molecular formula is C9H8N2O2S. The van der Waals surface area contributed by atoms with Crippen LogP contribution in [0.3, 0.4) is 0 Å². The minimum atomic E-state index is -0.415. The number of nitrogen functional groups attached to an aromatic ring is 1. The number of carbonyl (C=O) groups is 1. The van der Waals surface area contributed by atoms with E-state index in [1.165, 1.54) is 18.4 Å². The smallest absolute Gasteiger partial charge is 0.341 e. The molecule has 0 atom stereocenters. The lowest BCUT2D eigenvalue weighted by atomic mass is 10.2. The van der Waals surface area contributed by atoms with Crippen molar-refractivity contribution in [2.24, 2.45) is 0 Å². The Bertz CT molecular complexity index is 493. The molecule has 2 N–H and O–H groups in total. The van der Waals surface area contributed by atoms with Crippen LogP contribution in [0, 0.1) is 0 Å². The van der Waals surface area contributed by atoms with Crippen molar-refractivity contribution in [2.75, 3.05) is 12.8 Å². The molecule has 0 aliphatic rings. The van der Waals surface area contributed by atoms with E-state index < -0.39 is 5.97 Å². The van der Waals surface area contributed by atoms with Gasteiger partial charge in [-0.2, -0.15) is 0 Å². The molecule has 0 aliphatic carbocycles. The number of anilines is 1. The van der Waals surface area contributed by atoms with Gasteiger partial charge in [0, 0.05) is 11.6 Å². The molecule has 2 aromatic heterocycles. The van der Waals surface area contributed by atoms with E-state index in [0.29, 0.717) is 10.6 Å². The van der Waals surface area contributed by atoms with Crippen molar-refractivity contribution < 1.29 is 9.53 Å². The second kappa shape index (κ2) is 3.26. The van der Waals surface area contributed by atoms with Crippen LogP contribution in [0.4, 0.5) is 5.00 Å². The number of nitrogens with two attached hydrogens (primary N) is 1. The van der Waals surface area contributed by atoms with Crippen molar-refractivity contribution in [1.29, 1.82) is 0 Å². The molecule has 0 radical (unpaired) electrons. The van der Waals surface area contributed by atoms with Gasteiger partial charge in [0.15, 0.2) is 0 Å². The van der Waals surface area contributed by atoms with Crippen LogP contribution in [0.2, 0.25) is 0 Å². The molecule has 0 bridgehead atoms. The summed E-state index contributed by atoms with van der Waals surface area (Å²) < 4.78 is 4.64. The Balaban J connectivity index is 2.74. The number of thiophene rings is 1. The maximum atomic E-state index is 11.4. The second-order valence-corrected chi connectivity index (χ2v) is 3.72. The number of aromatic nitrogens is 1. The van der Waals surface area contributed by atoms with Crippen LogP contribution < -0.4 is 5.73 Å². The molecule has 0 aromatic carbocycles. The quantitative estimate of drug-likeness (QED) is 0.724. The van der Waals surface area contributed by atoms with Crippen molar-refractivity contribution in [1.82, 2.24) is 4.98 Å². The summed E-state index contributed by atoms with van der Waals surface area (Å²) in [6, 6.07) is 3.57. The summed E-state index contributed by atoms with van der Waals surface area (Å²) in [7, 11) is 1.33. The number of esters is 1. The third-order valence-corrected chi connectivity index (χ3v) is 2.83. The van der Waals surface area contributed by atoms with Crippen LogP contribution in [0.25, 0.3) is 10.2 Å². The van der Waals surface area contributed by atoms with E-state index in [-0.39, 0.29) is 0 Å². The Hall–Kier alpha value is -1.62. The molecule has 0 fully saturated rings. The molecule has 0 saturated carbocycles. The number of ether oxygens (including phenoxy) is 1. The lowest BCUT2D eigenvalue weighted by molar-refractivity contribution is 0.0604. The first-order valence-corrected chi connectivity index (χ1v) is 4.77. The van der Waals surface area contributed by atoms with Crippen molar-refractivity contribution >= 4 is 32.5 Å². The van der Waals surface area contributed by atoms with Gasteiger partial charge in [-0.25, -0.2) is 9.78 Å². The maximum absolute atomic E-state index is 11.4.